The molecule has 1 saturated heterocycles. The number of aliphatic hydroxyl groups excluding tert-OH is 1. The number of fused-ring (bicyclic) bond motifs is 1. The van der Waals surface area contributed by atoms with Crippen molar-refractivity contribution in [1.29, 1.82) is 0 Å². The predicted molar refractivity (Wildman–Crippen MR) is 75.1 cm³/mol. The molecular weight excluding hydrogens is 238 g/mol. The van der Waals surface area contributed by atoms with Crippen molar-refractivity contribution >= 4 is 0 Å². The average molecular weight is 261 g/mol. The summed E-state index contributed by atoms with van der Waals surface area (Å²) in [5.74, 6) is 0.619. The summed E-state index contributed by atoms with van der Waals surface area (Å²) in [5.41, 5.74) is 4.19. The molecule has 2 unspecified atom stereocenters. The van der Waals surface area contributed by atoms with E-state index in [1.165, 1.54) is 16.7 Å². The van der Waals surface area contributed by atoms with Crippen LogP contribution >= 0.6 is 0 Å². The molecule has 1 heterocycles. The van der Waals surface area contributed by atoms with Crippen molar-refractivity contribution in [3.05, 3.63) is 34.9 Å². The van der Waals surface area contributed by atoms with Crippen LogP contribution in [0.25, 0.3) is 0 Å². The molecule has 0 bridgehead atoms. The molecule has 0 amide bonds. The van der Waals surface area contributed by atoms with Gasteiger partial charge in [-0.05, 0) is 30.4 Å². The van der Waals surface area contributed by atoms with E-state index in [-0.39, 0.29) is 12.0 Å². The van der Waals surface area contributed by atoms with E-state index in [1.54, 1.807) is 0 Å². The van der Waals surface area contributed by atoms with E-state index in [0.717, 1.165) is 13.0 Å². The number of nitrogens with one attached hydrogen (secondary N) is 1. The Morgan fingerprint density at radius 1 is 1.42 bits per heavy atom. The molecule has 19 heavy (non-hydrogen) atoms. The van der Waals surface area contributed by atoms with E-state index in [1.807, 2.05) is 0 Å². The summed E-state index contributed by atoms with van der Waals surface area (Å²) in [6.07, 6.45) is 1.15. The Kier molecular flexibility index (Phi) is 3.37. The van der Waals surface area contributed by atoms with Crippen molar-refractivity contribution in [1.82, 2.24) is 5.32 Å². The molecule has 104 valence electrons. The van der Waals surface area contributed by atoms with E-state index in [0.29, 0.717) is 25.2 Å². The minimum absolute atomic E-state index is 0.0493. The van der Waals surface area contributed by atoms with Crippen LogP contribution in [0.1, 0.15) is 29.7 Å². The number of hydrogen-bond donors (Lipinski definition) is 2. The number of benzene rings is 1. The summed E-state index contributed by atoms with van der Waals surface area (Å²) in [6, 6.07) is 7.18. The van der Waals surface area contributed by atoms with Gasteiger partial charge in [0.25, 0.3) is 0 Å². The lowest BCUT2D eigenvalue weighted by Crippen LogP contribution is -2.53. The van der Waals surface area contributed by atoms with Crippen LogP contribution in [0, 0.1) is 18.3 Å². The zero-order valence-corrected chi connectivity index (χ0v) is 11.8. The zero-order valence-electron chi connectivity index (χ0n) is 11.8. The maximum atomic E-state index is 9.50. The highest BCUT2D eigenvalue weighted by atomic mass is 16.5. The van der Waals surface area contributed by atoms with Gasteiger partial charge in [-0.2, -0.15) is 0 Å². The van der Waals surface area contributed by atoms with Gasteiger partial charge < -0.3 is 15.2 Å². The van der Waals surface area contributed by atoms with Crippen molar-refractivity contribution in [2.45, 2.75) is 26.3 Å². The minimum Gasteiger partial charge on any atom is -0.396 e. The van der Waals surface area contributed by atoms with Gasteiger partial charge in [-0.3, -0.25) is 0 Å². The molecule has 3 rings (SSSR count). The second-order valence-electron chi connectivity index (χ2n) is 6.39. The molecule has 2 aliphatic rings. The first-order chi connectivity index (χ1) is 9.13. The normalized spacial score (nSPS) is 27.9. The second-order valence-corrected chi connectivity index (χ2v) is 6.39. The fourth-order valence-corrected chi connectivity index (χ4v) is 3.24. The molecule has 1 aliphatic heterocycles. The molecule has 1 aromatic rings. The smallest absolute Gasteiger partial charge is 0.0579 e. The van der Waals surface area contributed by atoms with E-state index in [9.17, 15) is 5.11 Å². The molecular formula is C16H23NO2. The van der Waals surface area contributed by atoms with E-state index >= 15 is 0 Å². The van der Waals surface area contributed by atoms with Gasteiger partial charge in [0.1, 0.15) is 0 Å². The van der Waals surface area contributed by atoms with E-state index in [4.69, 9.17) is 4.74 Å². The van der Waals surface area contributed by atoms with Crippen molar-refractivity contribution in [2.75, 3.05) is 26.4 Å². The monoisotopic (exact) mass is 261 g/mol. The van der Waals surface area contributed by atoms with Crippen LogP contribution in [-0.2, 0) is 11.2 Å². The largest absolute Gasteiger partial charge is 0.396 e. The summed E-state index contributed by atoms with van der Waals surface area (Å²) >= 11 is 0. The standard InChI is InChI=1S/C16H23NO2/c1-11-3-4-13-6-12(2)15(14(13)5-11)17-7-16(8-18)9-19-10-16/h3-5,12,15,17-18H,6-10H2,1-2H3. The molecule has 2 atom stereocenters. The molecule has 0 radical (unpaired) electrons. The summed E-state index contributed by atoms with van der Waals surface area (Å²) < 4.78 is 5.26. The first-order valence-corrected chi connectivity index (χ1v) is 7.15. The van der Waals surface area contributed by atoms with Crippen LogP contribution < -0.4 is 5.32 Å². The number of rotatable bonds is 4. The fraction of sp³-hybridized carbons (Fsp3) is 0.625. The van der Waals surface area contributed by atoms with Gasteiger partial charge in [0.2, 0.25) is 0 Å². The quantitative estimate of drug-likeness (QED) is 0.869. The first kappa shape index (κ1) is 13.1. The Labute approximate surface area is 115 Å². The molecule has 3 nitrogen and oxygen atoms in total. The van der Waals surface area contributed by atoms with Crippen LogP contribution in [-0.4, -0.2) is 31.5 Å². The Morgan fingerprint density at radius 2 is 2.21 bits per heavy atom. The van der Waals surface area contributed by atoms with E-state index < -0.39 is 0 Å². The molecule has 0 saturated carbocycles. The number of aryl methyl sites for hydroxylation is 1. The average Bonchev–Trinajstić information content (AvgIpc) is 2.65. The van der Waals surface area contributed by atoms with Crippen LogP contribution in [0.5, 0.6) is 0 Å². The van der Waals surface area contributed by atoms with Gasteiger partial charge in [0.15, 0.2) is 0 Å². The Balaban J connectivity index is 1.73. The third-order valence-corrected chi connectivity index (χ3v) is 4.60. The molecule has 1 fully saturated rings. The SMILES string of the molecule is Cc1ccc2c(c1)C(NCC1(CO)COC1)C(C)C2. The number of ether oxygens (including phenoxy) is 1. The Bertz CT molecular complexity index is 462. The number of hydrogen-bond acceptors (Lipinski definition) is 3. The summed E-state index contributed by atoms with van der Waals surface area (Å²) in [6.45, 7) is 6.86. The summed E-state index contributed by atoms with van der Waals surface area (Å²) in [4.78, 5) is 0. The Hall–Kier alpha value is -0.900. The minimum atomic E-state index is -0.0493. The van der Waals surface area contributed by atoms with Gasteiger partial charge in [0.05, 0.1) is 25.2 Å². The molecule has 2 N–H and O–H groups in total. The lowest BCUT2D eigenvalue weighted by molar-refractivity contribution is -0.135. The van der Waals surface area contributed by atoms with Gasteiger partial charge >= 0.3 is 0 Å². The van der Waals surface area contributed by atoms with Crippen molar-refractivity contribution in [2.24, 2.45) is 11.3 Å². The van der Waals surface area contributed by atoms with Crippen LogP contribution in [0.4, 0.5) is 0 Å². The summed E-state index contributed by atoms with van der Waals surface area (Å²) in [5, 5.41) is 13.2. The maximum absolute atomic E-state index is 9.50. The fourth-order valence-electron chi connectivity index (χ4n) is 3.24. The molecule has 0 spiro atoms. The van der Waals surface area contributed by atoms with Gasteiger partial charge in [0, 0.05) is 12.6 Å². The predicted octanol–water partition coefficient (Wildman–Crippen LogP) is 1.83. The maximum Gasteiger partial charge on any atom is 0.0579 e. The lowest BCUT2D eigenvalue weighted by atomic mass is 9.86. The van der Waals surface area contributed by atoms with Crippen molar-refractivity contribution in [3.63, 3.8) is 0 Å². The zero-order chi connectivity index (χ0) is 13.5. The van der Waals surface area contributed by atoms with Crippen LogP contribution in [0.3, 0.4) is 0 Å². The third kappa shape index (κ3) is 2.31. The van der Waals surface area contributed by atoms with Crippen molar-refractivity contribution < 1.29 is 9.84 Å². The molecule has 1 aromatic carbocycles. The van der Waals surface area contributed by atoms with Crippen molar-refractivity contribution in [3.8, 4) is 0 Å². The Morgan fingerprint density at radius 3 is 2.84 bits per heavy atom. The van der Waals surface area contributed by atoms with Crippen LogP contribution in [0.15, 0.2) is 18.2 Å². The van der Waals surface area contributed by atoms with Gasteiger partial charge in [-0.25, -0.2) is 0 Å². The molecule has 0 aromatic heterocycles. The van der Waals surface area contributed by atoms with Crippen LogP contribution in [0.2, 0.25) is 0 Å². The highest BCUT2D eigenvalue weighted by molar-refractivity contribution is 5.38. The molecule has 1 aliphatic carbocycles. The topological polar surface area (TPSA) is 41.5 Å². The summed E-state index contributed by atoms with van der Waals surface area (Å²) in [7, 11) is 0. The number of aliphatic hydroxyl groups is 1. The lowest BCUT2D eigenvalue weighted by Gasteiger charge is -2.41. The van der Waals surface area contributed by atoms with Gasteiger partial charge in [-0.15, -0.1) is 0 Å². The molecule has 3 heteroatoms. The second kappa shape index (κ2) is 4.89. The van der Waals surface area contributed by atoms with Gasteiger partial charge in [-0.1, -0.05) is 30.7 Å². The first-order valence-electron chi connectivity index (χ1n) is 7.15. The highest BCUT2D eigenvalue weighted by Crippen LogP contribution is 2.37. The third-order valence-electron chi connectivity index (χ3n) is 4.60. The van der Waals surface area contributed by atoms with E-state index in [2.05, 4.69) is 37.4 Å². The highest BCUT2D eigenvalue weighted by Gasteiger charge is 2.39.